The molecule has 0 fully saturated rings. The number of hydrazone groups is 1. The summed E-state index contributed by atoms with van der Waals surface area (Å²) in [4.78, 5) is 0. The van der Waals surface area contributed by atoms with Gasteiger partial charge in [-0.25, -0.2) is 0 Å². The Morgan fingerprint density at radius 3 is 2.26 bits per heavy atom. The van der Waals surface area contributed by atoms with Crippen molar-refractivity contribution in [2.24, 2.45) is 5.10 Å². The van der Waals surface area contributed by atoms with Gasteiger partial charge >= 0.3 is 0 Å². The number of hydrogen-bond donors (Lipinski definition) is 2. The van der Waals surface area contributed by atoms with Crippen LogP contribution < -0.4 is 0 Å². The Balaban J connectivity index is 0.00000176. The van der Waals surface area contributed by atoms with Crippen molar-refractivity contribution >= 4 is 28.5 Å². The molecule has 1 aromatic carbocycles. The first-order chi connectivity index (χ1) is 12.8. The molecule has 1 aromatic rings. The monoisotopic (exact) mass is 382 g/mol. The molecule has 5 heteroatoms. The van der Waals surface area contributed by atoms with Gasteiger partial charge in [0.25, 0.3) is 0 Å². The maximum absolute atomic E-state index is 8.55. The summed E-state index contributed by atoms with van der Waals surface area (Å²) in [5.41, 5.74) is 5.73. The van der Waals surface area contributed by atoms with E-state index in [1.54, 1.807) is 0 Å². The van der Waals surface area contributed by atoms with Crippen molar-refractivity contribution in [1.82, 2.24) is 5.01 Å². The first kappa shape index (κ1) is 22.6. The Kier molecular flexibility index (Phi) is 8.95. The van der Waals surface area contributed by atoms with Gasteiger partial charge in [-0.3, -0.25) is 10.8 Å². The second-order valence-electron chi connectivity index (χ2n) is 6.33. The zero-order valence-corrected chi connectivity index (χ0v) is 18.0. The van der Waals surface area contributed by atoms with Gasteiger partial charge in [-0.1, -0.05) is 79.2 Å². The Labute approximate surface area is 167 Å². The van der Waals surface area contributed by atoms with Gasteiger partial charge in [0.15, 0.2) is 11.0 Å². The third kappa shape index (κ3) is 6.68. The van der Waals surface area contributed by atoms with E-state index < -0.39 is 0 Å². The van der Waals surface area contributed by atoms with Crippen LogP contribution >= 0.6 is 11.8 Å². The fourth-order valence-electron chi connectivity index (χ4n) is 2.31. The summed E-state index contributed by atoms with van der Waals surface area (Å²) in [7, 11) is 0. The molecule has 0 saturated carbocycles. The third-order valence-electron chi connectivity index (χ3n) is 3.47. The van der Waals surface area contributed by atoms with E-state index in [-0.39, 0.29) is 11.0 Å². The minimum atomic E-state index is 0.186. The number of rotatable bonds is 4. The number of nitrogens with one attached hydrogen (secondary N) is 2. The number of amidine groups is 2. The van der Waals surface area contributed by atoms with Gasteiger partial charge in [-0.15, -0.1) is 0 Å². The van der Waals surface area contributed by atoms with E-state index >= 15 is 0 Å². The highest BCUT2D eigenvalue weighted by atomic mass is 32.2. The summed E-state index contributed by atoms with van der Waals surface area (Å²) in [5, 5.41) is 23.0. The Bertz CT molecular complexity index is 794. The molecule has 0 amide bonds. The molecule has 0 atom stereocenters. The van der Waals surface area contributed by atoms with Gasteiger partial charge in [-0.2, -0.15) is 10.1 Å². The van der Waals surface area contributed by atoms with E-state index in [0.29, 0.717) is 11.3 Å². The minimum absolute atomic E-state index is 0.186. The van der Waals surface area contributed by atoms with Crippen molar-refractivity contribution in [2.75, 3.05) is 5.75 Å². The van der Waals surface area contributed by atoms with Crippen molar-refractivity contribution in [3.8, 4) is 0 Å². The normalized spacial score (nSPS) is 14.0. The van der Waals surface area contributed by atoms with Crippen LogP contribution in [0.5, 0.6) is 0 Å². The van der Waals surface area contributed by atoms with Gasteiger partial charge < -0.3 is 0 Å². The second kappa shape index (κ2) is 10.7. The van der Waals surface area contributed by atoms with Crippen molar-refractivity contribution in [2.45, 2.75) is 41.5 Å². The number of nitrogens with zero attached hydrogens (tertiary/aromatic N) is 2. The number of allylic oxidation sites excluding steroid dienone is 3. The zero-order valence-electron chi connectivity index (χ0n) is 17.2. The topological polar surface area (TPSA) is 63.3 Å². The molecule has 1 aliphatic rings. The van der Waals surface area contributed by atoms with Gasteiger partial charge in [-0.05, 0) is 39.3 Å². The van der Waals surface area contributed by atoms with Crippen LogP contribution in [0.2, 0.25) is 0 Å². The van der Waals surface area contributed by atoms with E-state index in [0.717, 1.165) is 22.4 Å². The lowest BCUT2D eigenvalue weighted by Crippen LogP contribution is -2.35. The SMILES string of the molecule is C=C(C)/C=C(\C=C(C)C)C(=N)N1N=C(c2ccc(C)cc2)CSC1=N.CC. The number of benzene rings is 1. The van der Waals surface area contributed by atoms with Gasteiger partial charge in [0, 0.05) is 11.3 Å². The van der Waals surface area contributed by atoms with Crippen LogP contribution in [0.25, 0.3) is 0 Å². The summed E-state index contributed by atoms with van der Waals surface area (Å²) in [6.07, 6.45) is 3.77. The highest BCUT2D eigenvalue weighted by Crippen LogP contribution is 2.22. The maximum Gasteiger partial charge on any atom is 0.183 e. The Hall–Kier alpha value is -2.40. The summed E-state index contributed by atoms with van der Waals surface area (Å²) < 4.78 is 0. The standard InChI is InChI=1S/C20H24N4S.C2H6/c1-13(2)10-17(11-14(3)4)19(21)24-20(22)25-12-18(23-24)16-8-6-15(5)7-9-16;1-2/h6-11,21-22H,1,12H2,2-5H3;1-2H3/b17-10+,21-19?,22-20?;. The van der Waals surface area contributed by atoms with Gasteiger partial charge in [0.1, 0.15) is 0 Å². The molecular weight excluding hydrogens is 352 g/mol. The molecule has 0 aliphatic carbocycles. The first-order valence-corrected chi connectivity index (χ1v) is 10.0. The fourth-order valence-corrected chi connectivity index (χ4v) is 3.06. The number of aryl methyl sites for hydroxylation is 1. The molecule has 0 saturated heterocycles. The van der Waals surface area contributed by atoms with E-state index in [9.17, 15) is 0 Å². The van der Waals surface area contributed by atoms with Crippen molar-refractivity contribution in [3.05, 3.63) is 70.8 Å². The molecule has 0 aromatic heterocycles. The van der Waals surface area contributed by atoms with E-state index in [1.807, 2.05) is 78.0 Å². The molecule has 0 spiro atoms. The van der Waals surface area contributed by atoms with Gasteiger partial charge in [0.05, 0.1) is 5.71 Å². The lowest BCUT2D eigenvalue weighted by Gasteiger charge is -2.26. The molecular formula is C22H30N4S. The van der Waals surface area contributed by atoms with Crippen LogP contribution in [0.15, 0.2) is 64.8 Å². The molecule has 1 aliphatic heterocycles. The Morgan fingerprint density at radius 1 is 1.15 bits per heavy atom. The average Bonchev–Trinajstić information content (AvgIpc) is 2.63. The lowest BCUT2D eigenvalue weighted by molar-refractivity contribution is 0.660. The van der Waals surface area contributed by atoms with Crippen LogP contribution in [-0.4, -0.2) is 27.5 Å². The molecule has 2 N–H and O–H groups in total. The molecule has 0 radical (unpaired) electrons. The Morgan fingerprint density at radius 2 is 1.74 bits per heavy atom. The summed E-state index contributed by atoms with van der Waals surface area (Å²) in [6.45, 7) is 15.8. The molecule has 1 heterocycles. The van der Waals surface area contributed by atoms with Crippen molar-refractivity contribution in [3.63, 3.8) is 0 Å². The number of thioether (sulfide) groups is 1. The van der Waals surface area contributed by atoms with E-state index in [4.69, 9.17) is 10.8 Å². The predicted molar refractivity (Wildman–Crippen MR) is 121 cm³/mol. The first-order valence-electron chi connectivity index (χ1n) is 9.05. The van der Waals surface area contributed by atoms with E-state index in [2.05, 4.69) is 11.7 Å². The summed E-state index contributed by atoms with van der Waals surface area (Å²) in [5.74, 6) is 0.819. The number of hydrogen-bond acceptors (Lipinski definition) is 4. The molecule has 4 nitrogen and oxygen atoms in total. The molecule has 0 bridgehead atoms. The van der Waals surface area contributed by atoms with Crippen molar-refractivity contribution < 1.29 is 0 Å². The van der Waals surface area contributed by atoms with Gasteiger partial charge in [0.2, 0.25) is 0 Å². The van der Waals surface area contributed by atoms with E-state index in [1.165, 1.54) is 22.3 Å². The summed E-state index contributed by atoms with van der Waals surface area (Å²) in [6, 6.07) is 8.17. The molecule has 2 rings (SSSR count). The smallest absolute Gasteiger partial charge is 0.183 e. The molecule has 144 valence electrons. The van der Waals surface area contributed by atoms with Crippen LogP contribution in [-0.2, 0) is 0 Å². The highest BCUT2D eigenvalue weighted by Gasteiger charge is 2.24. The minimum Gasteiger partial charge on any atom is -0.282 e. The maximum atomic E-state index is 8.55. The van der Waals surface area contributed by atoms with Crippen LogP contribution in [0, 0.1) is 17.7 Å². The zero-order chi connectivity index (χ0) is 20.6. The largest absolute Gasteiger partial charge is 0.282 e. The predicted octanol–water partition coefficient (Wildman–Crippen LogP) is 6.15. The fraction of sp³-hybridized carbons (Fsp3) is 0.318. The average molecular weight is 383 g/mol. The van der Waals surface area contributed by atoms with Crippen LogP contribution in [0.3, 0.4) is 0 Å². The van der Waals surface area contributed by atoms with Crippen LogP contribution in [0.1, 0.15) is 45.7 Å². The quantitative estimate of drug-likeness (QED) is 0.372. The lowest BCUT2D eigenvalue weighted by atomic mass is 10.1. The second-order valence-corrected chi connectivity index (χ2v) is 7.30. The molecule has 27 heavy (non-hydrogen) atoms. The van der Waals surface area contributed by atoms with Crippen LogP contribution in [0.4, 0.5) is 0 Å². The highest BCUT2D eigenvalue weighted by molar-refractivity contribution is 8.14. The third-order valence-corrected chi connectivity index (χ3v) is 4.34. The summed E-state index contributed by atoms with van der Waals surface area (Å²) >= 11 is 1.38. The van der Waals surface area contributed by atoms with Crippen molar-refractivity contribution in [1.29, 1.82) is 10.8 Å². The molecule has 0 unspecified atom stereocenters.